The van der Waals surface area contributed by atoms with Gasteiger partial charge in [-0.1, -0.05) is 17.7 Å². The van der Waals surface area contributed by atoms with Crippen LogP contribution in [0, 0.1) is 0 Å². The van der Waals surface area contributed by atoms with Crippen LogP contribution in [0.25, 0.3) is 0 Å². The van der Waals surface area contributed by atoms with Crippen molar-refractivity contribution in [1.29, 1.82) is 0 Å². The summed E-state index contributed by atoms with van der Waals surface area (Å²) in [5, 5.41) is 8.73. The van der Waals surface area contributed by atoms with Crippen molar-refractivity contribution < 1.29 is 9.90 Å². The molecule has 0 aliphatic carbocycles. The van der Waals surface area contributed by atoms with Crippen LogP contribution in [-0.4, -0.2) is 16.1 Å². The molecule has 0 radical (unpaired) electrons. The minimum Gasteiger partial charge on any atom is -0.476 e. The van der Waals surface area contributed by atoms with E-state index in [0.717, 1.165) is 0 Å². The first-order valence-electron chi connectivity index (χ1n) is 3.83. The molecule has 0 saturated heterocycles. The molecule has 1 atom stereocenters. The molecule has 1 aromatic heterocycles. The van der Waals surface area contributed by atoms with E-state index in [-0.39, 0.29) is 16.8 Å². The highest BCUT2D eigenvalue weighted by Crippen LogP contribution is 2.19. The van der Waals surface area contributed by atoms with Crippen LogP contribution in [0.15, 0.2) is 24.9 Å². The first kappa shape index (κ1) is 10.7. The summed E-state index contributed by atoms with van der Waals surface area (Å²) in [5.41, 5.74) is 6.09. The van der Waals surface area contributed by atoms with Crippen molar-refractivity contribution in [3.63, 3.8) is 0 Å². The summed E-state index contributed by atoms with van der Waals surface area (Å²) in [4.78, 5) is 14.3. The summed E-state index contributed by atoms with van der Waals surface area (Å²) >= 11 is 5.69. The van der Waals surface area contributed by atoms with Gasteiger partial charge in [0.2, 0.25) is 0 Å². The van der Waals surface area contributed by atoms with Crippen molar-refractivity contribution in [2.24, 2.45) is 5.73 Å². The van der Waals surface area contributed by atoms with Crippen LogP contribution >= 0.6 is 11.6 Å². The second kappa shape index (κ2) is 4.21. The van der Waals surface area contributed by atoms with Crippen molar-refractivity contribution in [2.75, 3.05) is 0 Å². The molecule has 0 aliphatic rings. The number of carboxylic acids is 1. The molecule has 0 saturated carbocycles. The minimum atomic E-state index is -1.16. The number of hydrogen-bond donors (Lipinski definition) is 2. The number of nitrogens with two attached hydrogens (primary N) is 1. The molecule has 0 fully saturated rings. The maximum absolute atomic E-state index is 10.6. The van der Waals surface area contributed by atoms with Crippen molar-refractivity contribution in [1.82, 2.24) is 4.98 Å². The third-order valence-corrected chi connectivity index (χ3v) is 1.99. The fraction of sp³-hybridized carbons (Fsp3) is 0.111. The largest absolute Gasteiger partial charge is 0.476 e. The molecule has 1 aromatic rings. The number of aromatic nitrogens is 1. The molecule has 0 amide bonds. The number of carboxylic acid groups (broad SMARTS) is 1. The SMILES string of the molecule is C=C[C@H](N)c1cnc(C(=O)O)c(Cl)c1. The Balaban J connectivity index is 3.12. The molecule has 0 aromatic carbocycles. The summed E-state index contributed by atoms with van der Waals surface area (Å²) in [7, 11) is 0. The molecule has 5 heteroatoms. The standard InChI is InChI=1S/C9H9ClN2O2/c1-2-7(11)5-3-6(10)8(9(13)14)12-4-5/h2-4,7H,1,11H2,(H,13,14)/t7-/m0/s1. The molecule has 1 heterocycles. The molecule has 0 aliphatic heterocycles. The van der Waals surface area contributed by atoms with E-state index >= 15 is 0 Å². The fourth-order valence-corrected chi connectivity index (χ4v) is 1.18. The Morgan fingerprint density at radius 2 is 2.43 bits per heavy atom. The van der Waals surface area contributed by atoms with Crippen LogP contribution in [0.3, 0.4) is 0 Å². The molecular weight excluding hydrogens is 204 g/mol. The summed E-state index contributed by atoms with van der Waals surface area (Å²) < 4.78 is 0. The van der Waals surface area contributed by atoms with Gasteiger partial charge in [-0.25, -0.2) is 9.78 Å². The molecule has 1 rings (SSSR count). The Morgan fingerprint density at radius 3 is 2.86 bits per heavy atom. The highest BCUT2D eigenvalue weighted by molar-refractivity contribution is 6.33. The lowest BCUT2D eigenvalue weighted by Gasteiger charge is -2.06. The second-order valence-corrected chi connectivity index (χ2v) is 3.07. The second-order valence-electron chi connectivity index (χ2n) is 2.67. The third-order valence-electron chi connectivity index (χ3n) is 1.70. The lowest BCUT2D eigenvalue weighted by Crippen LogP contribution is -2.09. The van der Waals surface area contributed by atoms with E-state index in [1.165, 1.54) is 18.3 Å². The highest BCUT2D eigenvalue weighted by atomic mass is 35.5. The molecule has 4 nitrogen and oxygen atoms in total. The monoisotopic (exact) mass is 212 g/mol. The van der Waals surface area contributed by atoms with E-state index in [0.29, 0.717) is 5.56 Å². The van der Waals surface area contributed by atoms with Crippen LogP contribution < -0.4 is 5.73 Å². The maximum atomic E-state index is 10.6. The van der Waals surface area contributed by atoms with E-state index in [2.05, 4.69) is 11.6 Å². The number of carbonyl (C=O) groups is 1. The normalized spacial score (nSPS) is 12.1. The number of pyridine rings is 1. The van der Waals surface area contributed by atoms with Gasteiger partial charge < -0.3 is 10.8 Å². The van der Waals surface area contributed by atoms with Crippen molar-refractivity contribution in [2.45, 2.75) is 6.04 Å². The molecular formula is C9H9ClN2O2. The first-order chi connectivity index (χ1) is 6.56. The van der Waals surface area contributed by atoms with Crippen molar-refractivity contribution >= 4 is 17.6 Å². The smallest absolute Gasteiger partial charge is 0.356 e. The highest BCUT2D eigenvalue weighted by Gasteiger charge is 2.12. The van der Waals surface area contributed by atoms with Crippen LogP contribution in [-0.2, 0) is 0 Å². The lowest BCUT2D eigenvalue weighted by molar-refractivity contribution is 0.0690. The number of aromatic carboxylic acids is 1. The van der Waals surface area contributed by atoms with Crippen LogP contribution in [0.2, 0.25) is 5.02 Å². The lowest BCUT2D eigenvalue weighted by atomic mass is 10.1. The van der Waals surface area contributed by atoms with Gasteiger partial charge in [0.1, 0.15) is 0 Å². The summed E-state index contributed by atoms with van der Waals surface area (Å²) in [5.74, 6) is -1.16. The predicted molar refractivity (Wildman–Crippen MR) is 53.3 cm³/mol. The average Bonchev–Trinajstić information content (AvgIpc) is 2.15. The molecule has 74 valence electrons. The summed E-state index contributed by atoms with van der Waals surface area (Å²) in [6, 6.07) is 1.09. The number of hydrogen-bond acceptors (Lipinski definition) is 3. The number of rotatable bonds is 3. The van der Waals surface area contributed by atoms with E-state index in [9.17, 15) is 4.79 Å². The average molecular weight is 213 g/mol. The van der Waals surface area contributed by atoms with Crippen molar-refractivity contribution in [3.8, 4) is 0 Å². The van der Waals surface area contributed by atoms with E-state index in [1.54, 1.807) is 0 Å². The van der Waals surface area contributed by atoms with Crippen LogP contribution in [0.1, 0.15) is 22.1 Å². The Bertz CT molecular complexity index is 379. The summed E-state index contributed by atoms with van der Waals surface area (Å²) in [6.07, 6.45) is 2.90. The van der Waals surface area contributed by atoms with Gasteiger partial charge in [-0.3, -0.25) is 0 Å². The minimum absolute atomic E-state index is 0.0762. The van der Waals surface area contributed by atoms with Crippen LogP contribution in [0.4, 0.5) is 0 Å². The zero-order valence-electron chi connectivity index (χ0n) is 7.27. The van der Waals surface area contributed by atoms with Crippen molar-refractivity contribution in [3.05, 3.63) is 41.2 Å². The van der Waals surface area contributed by atoms with Crippen LogP contribution in [0.5, 0.6) is 0 Å². The quantitative estimate of drug-likeness (QED) is 0.747. The molecule has 0 bridgehead atoms. The Kier molecular flexibility index (Phi) is 3.22. The number of nitrogens with zero attached hydrogens (tertiary/aromatic N) is 1. The van der Waals surface area contributed by atoms with Gasteiger partial charge in [0.25, 0.3) is 0 Å². The molecule has 3 N–H and O–H groups in total. The first-order valence-corrected chi connectivity index (χ1v) is 4.21. The van der Waals surface area contributed by atoms with E-state index < -0.39 is 5.97 Å². The Labute approximate surface area is 86.0 Å². The molecule has 14 heavy (non-hydrogen) atoms. The van der Waals surface area contributed by atoms with Gasteiger partial charge in [-0.2, -0.15) is 0 Å². The Hall–Kier alpha value is -1.39. The van der Waals surface area contributed by atoms with E-state index in [1.807, 2.05) is 0 Å². The zero-order chi connectivity index (χ0) is 10.7. The van der Waals surface area contributed by atoms with Gasteiger partial charge in [0, 0.05) is 12.2 Å². The van der Waals surface area contributed by atoms with Gasteiger partial charge in [-0.05, 0) is 11.6 Å². The number of halogens is 1. The maximum Gasteiger partial charge on any atom is 0.356 e. The van der Waals surface area contributed by atoms with Gasteiger partial charge in [-0.15, -0.1) is 6.58 Å². The predicted octanol–water partition coefficient (Wildman–Crippen LogP) is 1.62. The third kappa shape index (κ3) is 2.10. The summed E-state index contributed by atoms with van der Waals surface area (Å²) in [6.45, 7) is 3.51. The van der Waals surface area contributed by atoms with Gasteiger partial charge in [0.15, 0.2) is 5.69 Å². The molecule has 0 spiro atoms. The van der Waals surface area contributed by atoms with E-state index in [4.69, 9.17) is 22.4 Å². The fourth-order valence-electron chi connectivity index (χ4n) is 0.928. The molecule has 0 unspecified atom stereocenters. The zero-order valence-corrected chi connectivity index (χ0v) is 8.03. The van der Waals surface area contributed by atoms with Gasteiger partial charge in [0.05, 0.1) is 5.02 Å². The van der Waals surface area contributed by atoms with Gasteiger partial charge >= 0.3 is 5.97 Å². The topological polar surface area (TPSA) is 76.2 Å². The Morgan fingerprint density at radius 1 is 1.79 bits per heavy atom.